The molecule has 2 rings (SSSR count). The Bertz CT molecular complexity index is 328. The van der Waals surface area contributed by atoms with Crippen molar-refractivity contribution in [1.82, 2.24) is 10.2 Å². The molecule has 0 bridgehead atoms. The van der Waals surface area contributed by atoms with Gasteiger partial charge in [0, 0.05) is 11.8 Å². The van der Waals surface area contributed by atoms with E-state index in [1.165, 1.54) is 18.6 Å². The zero-order valence-electron chi connectivity index (χ0n) is 12.7. The van der Waals surface area contributed by atoms with Gasteiger partial charge in [0.2, 0.25) is 5.91 Å². The molecule has 2 aliphatic rings. The number of amides is 1. The lowest BCUT2D eigenvalue weighted by Crippen LogP contribution is -2.47. The van der Waals surface area contributed by atoms with Crippen LogP contribution in [0.2, 0.25) is 0 Å². The average molecular weight is 284 g/mol. The molecule has 4 heteroatoms. The van der Waals surface area contributed by atoms with Gasteiger partial charge >= 0.3 is 0 Å². The van der Waals surface area contributed by atoms with Gasteiger partial charge < -0.3 is 4.90 Å². The smallest absolute Gasteiger partial charge is 0.244 e. The van der Waals surface area contributed by atoms with Crippen LogP contribution in [-0.4, -0.2) is 40.1 Å². The number of nitrogens with zero attached hydrogens (tertiary/aromatic N) is 1. The van der Waals surface area contributed by atoms with E-state index in [0.717, 1.165) is 18.6 Å². The molecule has 0 aromatic rings. The van der Waals surface area contributed by atoms with Crippen LogP contribution >= 0.6 is 11.8 Å². The average Bonchev–Trinajstić information content (AvgIpc) is 2.62. The maximum Gasteiger partial charge on any atom is 0.244 e. The number of hydrogen-bond donors (Lipinski definition) is 1. The molecule has 0 saturated carbocycles. The molecular weight excluding hydrogens is 256 g/mol. The van der Waals surface area contributed by atoms with Crippen molar-refractivity contribution in [3.05, 3.63) is 0 Å². The van der Waals surface area contributed by atoms with E-state index in [1.54, 1.807) is 0 Å². The van der Waals surface area contributed by atoms with Crippen LogP contribution in [0.4, 0.5) is 0 Å². The summed E-state index contributed by atoms with van der Waals surface area (Å²) < 4.78 is 0. The first-order valence-corrected chi connectivity index (χ1v) is 8.81. The van der Waals surface area contributed by atoms with Crippen molar-refractivity contribution in [3.63, 3.8) is 0 Å². The van der Waals surface area contributed by atoms with Crippen LogP contribution in [0.1, 0.15) is 53.4 Å². The minimum atomic E-state index is -0.346. The van der Waals surface area contributed by atoms with E-state index in [2.05, 4.69) is 37.9 Å². The molecular formula is C15H28N2OS. The number of nitrogens with one attached hydrogen (secondary N) is 1. The highest BCUT2D eigenvalue weighted by atomic mass is 32.2. The summed E-state index contributed by atoms with van der Waals surface area (Å²) in [4.78, 5) is 15.0. The third kappa shape index (κ3) is 3.10. The van der Waals surface area contributed by atoms with Crippen LogP contribution in [0.3, 0.4) is 0 Å². The van der Waals surface area contributed by atoms with Crippen molar-refractivity contribution in [3.8, 4) is 0 Å². The third-order valence-electron chi connectivity index (χ3n) is 4.46. The predicted octanol–water partition coefficient (Wildman–Crippen LogP) is 2.85. The molecule has 3 nitrogen and oxygen atoms in total. The van der Waals surface area contributed by atoms with Gasteiger partial charge in [-0.15, -0.1) is 0 Å². The lowest BCUT2D eigenvalue weighted by atomic mass is 9.98. The fourth-order valence-corrected chi connectivity index (χ4v) is 4.30. The molecule has 1 N–H and O–H groups in total. The maximum absolute atomic E-state index is 12.8. The Kier molecular flexibility index (Phi) is 4.83. The third-order valence-corrected chi connectivity index (χ3v) is 5.66. The largest absolute Gasteiger partial charge is 0.322 e. The Hall–Kier alpha value is -0.220. The molecule has 2 fully saturated rings. The number of carbonyl (C=O) groups is 1. The summed E-state index contributed by atoms with van der Waals surface area (Å²) in [5.74, 6) is 3.31. The fraction of sp³-hybridized carbons (Fsp3) is 0.933. The first-order chi connectivity index (χ1) is 8.98. The molecule has 3 unspecified atom stereocenters. The van der Waals surface area contributed by atoms with Crippen LogP contribution in [0.15, 0.2) is 0 Å². The minimum Gasteiger partial charge on any atom is -0.322 e. The molecule has 2 heterocycles. The molecule has 3 atom stereocenters. The summed E-state index contributed by atoms with van der Waals surface area (Å²) in [6.07, 6.45) is 4.59. The van der Waals surface area contributed by atoms with Gasteiger partial charge in [-0.3, -0.25) is 10.1 Å². The SMILES string of the molecule is CCC1(C)NC(CC(C)C)N(C2CCCSC2)C1=O. The van der Waals surface area contributed by atoms with Gasteiger partial charge in [-0.05, 0) is 44.3 Å². The topological polar surface area (TPSA) is 32.3 Å². The van der Waals surface area contributed by atoms with Gasteiger partial charge in [-0.1, -0.05) is 20.8 Å². The van der Waals surface area contributed by atoms with Crippen LogP contribution in [0.25, 0.3) is 0 Å². The minimum absolute atomic E-state index is 0.237. The van der Waals surface area contributed by atoms with E-state index in [0.29, 0.717) is 17.9 Å². The van der Waals surface area contributed by atoms with Gasteiger partial charge in [0.25, 0.3) is 0 Å². The van der Waals surface area contributed by atoms with Gasteiger partial charge in [0.15, 0.2) is 0 Å². The molecule has 0 aromatic heterocycles. The summed E-state index contributed by atoms with van der Waals surface area (Å²) in [6, 6.07) is 0.441. The highest BCUT2D eigenvalue weighted by molar-refractivity contribution is 7.99. The molecule has 1 amide bonds. The predicted molar refractivity (Wildman–Crippen MR) is 82.3 cm³/mol. The van der Waals surface area contributed by atoms with Crippen LogP contribution in [0, 0.1) is 5.92 Å². The standard InChI is InChI=1S/C15H28N2OS/c1-5-15(4)14(18)17(12-7-6-8-19-10-12)13(16-15)9-11(2)3/h11-13,16H,5-10H2,1-4H3. The Morgan fingerprint density at radius 1 is 1.53 bits per heavy atom. The van der Waals surface area contributed by atoms with Gasteiger partial charge in [0.05, 0.1) is 11.7 Å². The summed E-state index contributed by atoms with van der Waals surface area (Å²) in [7, 11) is 0. The zero-order valence-corrected chi connectivity index (χ0v) is 13.6. The van der Waals surface area contributed by atoms with Crippen LogP contribution in [0.5, 0.6) is 0 Å². The quantitative estimate of drug-likeness (QED) is 0.861. The second-order valence-corrected chi connectivity index (χ2v) is 7.71. The molecule has 19 heavy (non-hydrogen) atoms. The van der Waals surface area contributed by atoms with Gasteiger partial charge in [0.1, 0.15) is 0 Å². The summed E-state index contributed by atoms with van der Waals surface area (Å²) in [6.45, 7) is 8.65. The molecule has 0 spiro atoms. The Labute approximate surface area is 121 Å². The second kappa shape index (κ2) is 6.04. The molecule has 0 aliphatic carbocycles. The molecule has 110 valence electrons. The van der Waals surface area contributed by atoms with Crippen molar-refractivity contribution in [1.29, 1.82) is 0 Å². The molecule has 2 saturated heterocycles. The van der Waals surface area contributed by atoms with E-state index in [-0.39, 0.29) is 11.7 Å². The molecule has 0 radical (unpaired) electrons. The summed E-state index contributed by atoms with van der Waals surface area (Å²) in [5.41, 5.74) is -0.346. The lowest BCUT2D eigenvalue weighted by molar-refractivity contribution is -0.135. The maximum atomic E-state index is 12.8. The van der Waals surface area contributed by atoms with E-state index in [1.807, 2.05) is 11.8 Å². The summed E-state index contributed by atoms with van der Waals surface area (Å²) in [5, 5.41) is 3.61. The van der Waals surface area contributed by atoms with Crippen molar-refractivity contribution in [2.75, 3.05) is 11.5 Å². The summed E-state index contributed by atoms with van der Waals surface area (Å²) >= 11 is 2.00. The van der Waals surface area contributed by atoms with E-state index in [9.17, 15) is 4.79 Å². The molecule has 2 aliphatic heterocycles. The second-order valence-electron chi connectivity index (χ2n) is 6.56. The van der Waals surface area contributed by atoms with Crippen molar-refractivity contribution >= 4 is 17.7 Å². The van der Waals surface area contributed by atoms with E-state index >= 15 is 0 Å². The van der Waals surface area contributed by atoms with Crippen molar-refractivity contribution < 1.29 is 4.79 Å². The number of rotatable bonds is 4. The van der Waals surface area contributed by atoms with Crippen molar-refractivity contribution in [2.45, 2.75) is 71.1 Å². The first-order valence-electron chi connectivity index (χ1n) is 7.66. The fourth-order valence-electron chi connectivity index (χ4n) is 3.16. The van der Waals surface area contributed by atoms with Gasteiger partial charge in [-0.2, -0.15) is 11.8 Å². The Balaban J connectivity index is 2.17. The highest BCUT2D eigenvalue weighted by Crippen LogP contribution is 2.32. The normalized spacial score (nSPS) is 36.3. The first kappa shape index (κ1) is 15.2. The van der Waals surface area contributed by atoms with Crippen LogP contribution in [-0.2, 0) is 4.79 Å². The Morgan fingerprint density at radius 2 is 2.26 bits per heavy atom. The monoisotopic (exact) mass is 284 g/mol. The van der Waals surface area contributed by atoms with Crippen molar-refractivity contribution in [2.24, 2.45) is 5.92 Å². The number of carbonyl (C=O) groups excluding carboxylic acids is 1. The van der Waals surface area contributed by atoms with E-state index in [4.69, 9.17) is 0 Å². The lowest BCUT2D eigenvalue weighted by Gasteiger charge is -2.35. The zero-order chi connectivity index (χ0) is 14.0. The van der Waals surface area contributed by atoms with Crippen LogP contribution < -0.4 is 5.32 Å². The van der Waals surface area contributed by atoms with E-state index < -0.39 is 0 Å². The molecule has 0 aromatic carbocycles. The number of hydrogen-bond acceptors (Lipinski definition) is 3. The highest BCUT2D eigenvalue weighted by Gasteiger charge is 2.49. The number of thioether (sulfide) groups is 1. The van der Waals surface area contributed by atoms with Gasteiger partial charge in [-0.25, -0.2) is 0 Å². The Morgan fingerprint density at radius 3 is 2.79 bits per heavy atom.